The van der Waals surface area contributed by atoms with Crippen molar-refractivity contribution < 1.29 is 78.9 Å². The van der Waals surface area contributed by atoms with Crippen molar-refractivity contribution in [3.8, 4) is 0 Å². The van der Waals surface area contributed by atoms with Crippen LogP contribution in [0.2, 0.25) is 0 Å². The van der Waals surface area contributed by atoms with Gasteiger partial charge in [-0.1, -0.05) is 0 Å². The van der Waals surface area contributed by atoms with Crippen LogP contribution in [0.3, 0.4) is 0 Å². The van der Waals surface area contributed by atoms with Crippen LogP contribution in [-0.4, -0.2) is 170 Å². The lowest BCUT2D eigenvalue weighted by molar-refractivity contribution is -0.349. The van der Waals surface area contributed by atoms with Crippen LogP contribution in [0, 0.1) is 0 Å². The van der Waals surface area contributed by atoms with Gasteiger partial charge in [0.2, 0.25) is 17.7 Å². The monoisotopic (exact) mass is 627 g/mol. The zero-order chi connectivity index (χ0) is 32.2. The van der Waals surface area contributed by atoms with Crippen LogP contribution in [0.15, 0.2) is 0 Å². The first kappa shape index (κ1) is 35.4. The van der Waals surface area contributed by atoms with E-state index in [0.717, 1.165) is 20.8 Å². The van der Waals surface area contributed by atoms with Gasteiger partial charge in [0.05, 0.1) is 19.8 Å². The molecule has 3 amide bonds. The minimum Gasteiger partial charge on any atom is -0.394 e. The van der Waals surface area contributed by atoms with Crippen molar-refractivity contribution in [3.05, 3.63) is 0 Å². The summed E-state index contributed by atoms with van der Waals surface area (Å²) < 4.78 is 28.2. The molecule has 0 radical (unpaired) electrons. The van der Waals surface area contributed by atoms with Crippen LogP contribution in [0.25, 0.3) is 0 Å². The Kier molecular flexibility index (Phi) is 12.5. The normalized spacial score (nSPS) is 43.5. The summed E-state index contributed by atoms with van der Waals surface area (Å²) in [4.78, 5) is 35.7. The number of nitrogens with one attached hydrogen (secondary N) is 3. The molecule has 0 aliphatic carbocycles. The predicted molar refractivity (Wildman–Crippen MR) is 136 cm³/mol. The van der Waals surface area contributed by atoms with Gasteiger partial charge in [0.15, 0.2) is 18.9 Å². The number of hydrogen-bond acceptors (Lipinski definition) is 16. The summed E-state index contributed by atoms with van der Waals surface area (Å²) >= 11 is 0. The molecular formula is C24H41N3O16. The molecule has 19 heteroatoms. The molecule has 3 aliphatic rings. The number of rotatable bonds is 10. The van der Waals surface area contributed by atoms with E-state index in [0.29, 0.717) is 0 Å². The zero-order valence-electron chi connectivity index (χ0n) is 23.6. The van der Waals surface area contributed by atoms with Crippen molar-refractivity contribution in [2.24, 2.45) is 0 Å². The van der Waals surface area contributed by atoms with E-state index in [2.05, 4.69) is 16.0 Å². The number of carbonyl (C=O) groups is 3. The summed E-state index contributed by atoms with van der Waals surface area (Å²) in [6.07, 6.45) is -19.1. The van der Waals surface area contributed by atoms with Crippen molar-refractivity contribution in [2.75, 3.05) is 19.8 Å². The second-order valence-corrected chi connectivity index (χ2v) is 10.5. The van der Waals surface area contributed by atoms with Gasteiger partial charge in [0.1, 0.15) is 73.1 Å². The third-order valence-electron chi connectivity index (χ3n) is 7.30. The molecule has 248 valence electrons. The van der Waals surface area contributed by atoms with E-state index in [1.54, 1.807) is 0 Å². The minimum absolute atomic E-state index is 0.643. The highest BCUT2D eigenvalue weighted by Gasteiger charge is 2.54. The fraction of sp³-hybridized carbons (Fsp3) is 0.875. The third kappa shape index (κ3) is 8.14. The van der Waals surface area contributed by atoms with E-state index in [-0.39, 0.29) is 0 Å². The number of carbonyl (C=O) groups excluding carboxylic acids is 3. The number of aliphatic hydroxyl groups excluding tert-OH is 8. The largest absolute Gasteiger partial charge is 0.394 e. The maximum Gasteiger partial charge on any atom is 0.217 e. The second-order valence-electron chi connectivity index (χ2n) is 10.5. The SMILES string of the molecule is CC(=O)N[C@H]1[C@H](O[C@H]2[C@@H](O)[C@@H](CO)OC(O)[C@@H]2NC(C)=O)O[C@H](CO)[C@@H](OC2O[C@H](CO)[C@H](O)[C@H](O)[C@H]2NC(C)=O)[C@@H]1O. The van der Waals surface area contributed by atoms with E-state index in [1.807, 2.05) is 0 Å². The smallest absolute Gasteiger partial charge is 0.217 e. The molecule has 2 unspecified atom stereocenters. The molecule has 0 bridgehead atoms. The van der Waals surface area contributed by atoms with Crippen LogP contribution < -0.4 is 16.0 Å². The van der Waals surface area contributed by atoms with Crippen molar-refractivity contribution in [3.63, 3.8) is 0 Å². The highest BCUT2D eigenvalue weighted by atomic mass is 16.7. The van der Waals surface area contributed by atoms with Crippen LogP contribution in [0.1, 0.15) is 20.8 Å². The molecule has 3 rings (SSSR count). The molecule has 0 aromatic heterocycles. The van der Waals surface area contributed by atoms with Crippen molar-refractivity contribution in [1.82, 2.24) is 16.0 Å². The standard InChI is InChI=1S/C24H41N3O16/c1-7(31)25-13-18(36)16(34)10(4-28)40-23(13)42-20-12(6-30)41-24(14(19(20)37)26-8(2)32)43-21-15(27-9(3)33)22(38)39-11(5-29)17(21)35/h10-24,28-30,34-38H,4-6H2,1-3H3,(H,25,31)(H,26,32)(H,27,33)/t10-,11-,12-,13-,14-,15-,16+,17+,18-,19-,20-,21-,22?,23?,24+/m1/s1. The molecule has 0 spiro atoms. The maximum atomic E-state index is 12.1. The maximum absolute atomic E-state index is 12.1. The Balaban J connectivity index is 1.92. The molecule has 0 saturated carbocycles. The molecule has 15 atom stereocenters. The van der Waals surface area contributed by atoms with E-state index >= 15 is 0 Å². The first-order valence-corrected chi connectivity index (χ1v) is 13.5. The van der Waals surface area contributed by atoms with E-state index in [1.165, 1.54) is 0 Å². The molecule has 3 aliphatic heterocycles. The van der Waals surface area contributed by atoms with Gasteiger partial charge in [0.25, 0.3) is 0 Å². The highest BCUT2D eigenvalue weighted by molar-refractivity contribution is 5.74. The summed E-state index contributed by atoms with van der Waals surface area (Å²) in [5, 5.41) is 90.0. The molecule has 3 fully saturated rings. The summed E-state index contributed by atoms with van der Waals surface area (Å²) in [5.74, 6) is -1.98. The average Bonchev–Trinajstić information content (AvgIpc) is 2.94. The summed E-state index contributed by atoms with van der Waals surface area (Å²) in [6, 6.07) is -4.33. The van der Waals surface area contributed by atoms with Gasteiger partial charge in [-0.15, -0.1) is 0 Å². The Labute approximate surface area is 245 Å². The number of aliphatic hydroxyl groups is 8. The summed E-state index contributed by atoms with van der Waals surface area (Å²) in [5.41, 5.74) is 0. The lowest BCUT2D eigenvalue weighted by Gasteiger charge is -2.50. The Morgan fingerprint density at radius 3 is 1.47 bits per heavy atom. The second kappa shape index (κ2) is 15.3. The van der Waals surface area contributed by atoms with E-state index in [4.69, 9.17) is 23.7 Å². The molecule has 3 heterocycles. The number of hydrogen-bond donors (Lipinski definition) is 11. The lowest BCUT2D eigenvalue weighted by Crippen LogP contribution is -2.71. The van der Waals surface area contributed by atoms with Gasteiger partial charge in [-0.2, -0.15) is 0 Å². The lowest BCUT2D eigenvalue weighted by atomic mass is 9.93. The van der Waals surface area contributed by atoms with E-state index in [9.17, 15) is 55.2 Å². The average molecular weight is 628 g/mol. The van der Waals surface area contributed by atoms with Crippen LogP contribution in [-0.2, 0) is 38.1 Å². The van der Waals surface area contributed by atoms with Gasteiger partial charge >= 0.3 is 0 Å². The number of ether oxygens (including phenoxy) is 5. The van der Waals surface area contributed by atoms with Gasteiger partial charge in [-0.25, -0.2) is 0 Å². The third-order valence-corrected chi connectivity index (χ3v) is 7.30. The van der Waals surface area contributed by atoms with E-state index < -0.39 is 129 Å². The van der Waals surface area contributed by atoms with Crippen molar-refractivity contribution in [1.29, 1.82) is 0 Å². The van der Waals surface area contributed by atoms with Gasteiger partial charge in [-0.05, 0) is 0 Å². The molecule has 0 aromatic carbocycles. The fourth-order valence-electron chi connectivity index (χ4n) is 5.27. The quantitative estimate of drug-likeness (QED) is 0.107. The van der Waals surface area contributed by atoms with Crippen molar-refractivity contribution in [2.45, 2.75) is 113 Å². The molecule has 19 nitrogen and oxygen atoms in total. The predicted octanol–water partition coefficient (Wildman–Crippen LogP) is -7.14. The first-order chi connectivity index (χ1) is 20.2. The highest BCUT2D eigenvalue weighted by Crippen LogP contribution is 2.32. The molecule has 3 saturated heterocycles. The molecule has 0 aromatic rings. The fourth-order valence-corrected chi connectivity index (χ4v) is 5.27. The number of amides is 3. The van der Waals surface area contributed by atoms with Gasteiger partial charge < -0.3 is 80.5 Å². The van der Waals surface area contributed by atoms with Crippen molar-refractivity contribution >= 4 is 17.7 Å². The van der Waals surface area contributed by atoms with Crippen LogP contribution in [0.4, 0.5) is 0 Å². The van der Waals surface area contributed by atoms with Crippen LogP contribution in [0.5, 0.6) is 0 Å². The van der Waals surface area contributed by atoms with Gasteiger partial charge in [0, 0.05) is 20.8 Å². The topological polar surface area (TPSA) is 295 Å². The Morgan fingerprint density at radius 1 is 0.558 bits per heavy atom. The zero-order valence-corrected chi connectivity index (χ0v) is 23.6. The Morgan fingerprint density at radius 2 is 0.977 bits per heavy atom. The van der Waals surface area contributed by atoms with Gasteiger partial charge in [-0.3, -0.25) is 14.4 Å². The Bertz CT molecular complexity index is 962. The Hall–Kier alpha value is -2.11. The summed E-state index contributed by atoms with van der Waals surface area (Å²) in [6.45, 7) is 0.996. The molecule has 11 N–H and O–H groups in total. The molecule has 43 heavy (non-hydrogen) atoms. The van der Waals surface area contributed by atoms with Crippen LogP contribution >= 0.6 is 0 Å². The minimum atomic E-state index is -1.78. The molecular weight excluding hydrogens is 586 g/mol. The first-order valence-electron chi connectivity index (χ1n) is 13.5. The summed E-state index contributed by atoms with van der Waals surface area (Å²) in [7, 11) is 0.